The Bertz CT molecular complexity index is 1450. The number of halogens is 2. The molecule has 0 radical (unpaired) electrons. The molecule has 2 aliphatic rings. The van der Waals surface area contributed by atoms with Crippen LogP contribution in [0, 0.1) is 11.6 Å². The lowest BCUT2D eigenvalue weighted by Gasteiger charge is -2.13. The number of H-pyrrole nitrogens is 1. The highest BCUT2D eigenvalue weighted by Crippen LogP contribution is 2.25. The Balaban J connectivity index is 1.64. The SMILES string of the molecule is CCc1ccc(Cc2nc3c(Cc4cccc(F)c4F)[nH]c(-c4ccccc4)cn-3c2=O)o1. The van der Waals surface area contributed by atoms with E-state index in [-0.39, 0.29) is 24.0 Å². The van der Waals surface area contributed by atoms with Crippen LogP contribution in [-0.2, 0) is 19.3 Å². The maximum Gasteiger partial charge on any atom is 0.278 e. The van der Waals surface area contributed by atoms with Crippen molar-refractivity contribution in [1.82, 2.24) is 14.5 Å². The van der Waals surface area contributed by atoms with E-state index >= 15 is 0 Å². The molecule has 0 fully saturated rings. The number of benzene rings is 2. The second-order valence-electron chi connectivity index (χ2n) is 7.86. The number of nitrogens with zero attached hydrogens (tertiary/aromatic N) is 2. The fourth-order valence-corrected chi connectivity index (χ4v) is 3.93. The van der Waals surface area contributed by atoms with Crippen molar-refractivity contribution in [3.8, 4) is 17.1 Å². The van der Waals surface area contributed by atoms with Gasteiger partial charge >= 0.3 is 0 Å². The minimum absolute atomic E-state index is 0.0460. The summed E-state index contributed by atoms with van der Waals surface area (Å²) in [4.78, 5) is 21.1. The zero-order valence-corrected chi connectivity index (χ0v) is 17.9. The lowest BCUT2D eigenvalue weighted by atomic mass is 10.1. The van der Waals surface area contributed by atoms with Gasteiger partial charge in [0.2, 0.25) is 0 Å². The summed E-state index contributed by atoms with van der Waals surface area (Å²) in [6.45, 7) is 1.99. The first-order chi connectivity index (χ1) is 16.0. The maximum atomic E-state index is 14.4. The molecule has 5 rings (SSSR count). The van der Waals surface area contributed by atoms with Gasteiger partial charge in [-0.25, -0.2) is 13.8 Å². The van der Waals surface area contributed by atoms with Gasteiger partial charge in [-0.05, 0) is 29.3 Å². The first kappa shape index (κ1) is 20.9. The molecule has 0 atom stereocenters. The smallest absolute Gasteiger partial charge is 0.278 e. The zero-order chi connectivity index (χ0) is 22.9. The van der Waals surface area contributed by atoms with E-state index in [1.807, 2.05) is 49.4 Å². The minimum atomic E-state index is -0.916. The summed E-state index contributed by atoms with van der Waals surface area (Å²) in [5.41, 5.74) is 2.26. The van der Waals surface area contributed by atoms with Gasteiger partial charge in [0.05, 0.1) is 17.8 Å². The predicted molar refractivity (Wildman–Crippen MR) is 121 cm³/mol. The molecule has 3 heterocycles. The van der Waals surface area contributed by atoms with Crippen molar-refractivity contribution < 1.29 is 13.2 Å². The van der Waals surface area contributed by atoms with E-state index in [0.29, 0.717) is 28.7 Å². The molecule has 0 amide bonds. The van der Waals surface area contributed by atoms with E-state index in [0.717, 1.165) is 23.8 Å². The fourth-order valence-electron chi connectivity index (χ4n) is 3.93. The van der Waals surface area contributed by atoms with E-state index < -0.39 is 11.6 Å². The van der Waals surface area contributed by atoms with Crippen LogP contribution in [0.1, 0.15) is 35.4 Å². The van der Waals surface area contributed by atoms with Crippen LogP contribution >= 0.6 is 0 Å². The summed E-state index contributed by atoms with van der Waals surface area (Å²) in [6.07, 6.45) is 2.74. The quantitative estimate of drug-likeness (QED) is 0.387. The Morgan fingerprint density at radius 3 is 2.52 bits per heavy atom. The van der Waals surface area contributed by atoms with E-state index in [4.69, 9.17) is 4.42 Å². The number of hydrogen-bond donors (Lipinski definition) is 1. The van der Waals surface area contributed by atoms with Gasteiger partial charge < -0.3 is 9.40 Å². The van der Waals surface area contributed by atoms with Crippen molar-refractivity contribution in [2.75, 3.05) is 0 Å². The third-order valence-electron chi connectivity index (χ3n) is 5.64. The Hall–Kier alpha value is -4.00. The minimum Gasteiger partial charge on any atom is -0.466 e. The van der Waals surface area contributed by atoms with Gasteiger partial charge in [0.15, 0.2) is 17.5 Å². The normalized spacial score (nSPS) is 11.4. The molecule has 0 saturated heterocycles. The van der Waals surface area contributed by atoms with Crippen LogP contribution in [0.2, 0.25) is 0 Å². The maximum absolute atomic E-state index is 14.4. The Morgan fingerprint density at radius 1 is 0.970 bits per heavy atom. The third-order valence-corrected chi connectivity index (χ3v) is 5.64. The van der Waals surface area contributed by atoms with Gasteiger partial charge in [0.1, 0.15) is 17.2 Å². The summed E-state index contributed by atoms with van der Waals surface area (Å²) in [5, 5.41) is 0. The molecule has 0 aliphatic carbocycles. The average Bonchev–Trinajstić information content (AvgIpc) is 3.42. The molecule has 166 valence electrons. The molecule has 0 saturated carbocycles. The highest BCUT2D eigenvalue weighted by atomic mass is 19.2. The third kappa shape index (κ3) is 3.98. The number of fused-ring (bicyclic) bond motifs is 1. The van der Waals surface area contributed by atoms with Crippen LogP contribution in [0.3, 0.4) is 0 Å². The molecule has 2 aliphatic heterocycles. The Labute approximate surface area is 188 Å². The second-order valence-corrected chi connectivity index (χ2v) is 7.86. The molecule has 0 spiro atoms. The van der Waals surface area contributed by atoms with Crippen molar-refractivity contribution in [1.29, 1.82) is 0 Å². The van der Waals surface area contributed by atoms with Crippen molar-refractivity contribution in [3.63, 3.8) is 0 Å². The number of hydrogen-bond acceptors (Lipinski definition) is 3. The Morgan fingerprint density at radius 2 is 1.76 bits per heavy atom. The summed E-state index contributed by atoms with van der Waals surface area (Å²) >= 11 is 0. The molecule has 3 aromatic rings. The van der Waals surface area contributed by atoms with E-state index in [1.54, 1.807) is 6.20 Å². The van der Waals surface area contributed by atoms with Gasteiger partial charge in [0, 0.05) is 19.0 Å². The van der Waals surface area contributed by atoms with Crippen LogP contribution in [0.15, 0.2) is 76.1 Å². The molecule has 0 bridgehead atoms. The molecule has 5 nitrogen and oxygen atoms in total. The van der Waals surface area contributed by atoms with Crippen molar-refractivity contribution in [3.05, 3.63) is 117 Å². The van der Waals surface area contributed by atoms with E-state index in [1.165, 1.54) is 16.7 Å². The van der Waals surface area contributed by atoms with Crippen LogP contribution in [-0.4, -0.2) is 14.5 Å². The molecular weight excluding hydrogens is 424 g/mol. The summed E-state index contributed by atoms with van der Waals surface area (Å²) < 4.78 is 35.5. The van der Waals surface area contributed by atoms with Gasteiger partial charge in [-0.2, -0.15) is 0 Å². The van der Waals surface area contributed by atoms with Gasteiger partial charge in [0.25, 0.3) is 5.56 Å². The lowest BCUT2D eigenvalue weighted by molar-refractivity contribution is 0.477. The van der Waals surface area contributed by atoms with Crippen LogP contribution in [0.4, 0.5) is 8.78 Å². The number of aromatic nitrogens is 3. The highest BCUT2D eigenvalue weighted by molar-refractivity contribution is 5.60. The lowest BCUT2D eigenvalue weighted by Crippen LogP contribution is -2.18. The predicted octanol–water partition coefficient (Wildman–Crippen LogP) is 5.28. The molecule has 2 aromatic carbocycles. The highest BCUT2D eigenvalue weighted by Gasteiger charge is 2.22. The van der Waals surface area contributed by atoms with Crippen molar-refractivity contribution in [2.45, 2.75) is 26.2 Å². The van der Waals surface area contributed by atoms with Gasteiger partial charge in [-0.1, -0.05) is 49.4 Å². The summed E-state index contributed by atoms with van der Waals surface area (Å²) in [5.74, 6) is 0.0351. The zero-order valence-electron chi connectivity index (χ0n) is 17.9. The van der Waals surface area contributed by atoms with Gasteiger partial charge in [-0.15, -0.1) is 0 Å². The molecular formula is C26H21F2N3O2. The van der Waals surface area contributed by atoms with Crippen LogP contribution in [0.5, 0.6) is 0 Å². The number of aromatic amines is 1. The topological polar surface area (TPSA) is 63.8 Å². The van der Waals surface area contributed by atoms with Crippen molar-refractivity contribution in [2.24, 2.45) is 0 Å². The summed E-state index contributed by atoms with van der Waals surface area (Å²) in [7, 11) is 0. The molecule has 7 heteroatoms. The molecule has 1 aromatic heterocycles. The van der Waals surface area contributed by atoms with Crippen LogP contribution in [0.25, 0.3) is 17.1 Å². The Kier molecular flexibility index (Phi) is 5.38. The average molecular weight is 445 g/mol. The van der Waals surface area contributed by atoms with E-state index in [9.17, 15) is 13.6 Å². The first-order valence-electron chi connectivity index (χ1n) is 10.7. The standard InChI is InChI=1S/C26H21F2N3O2/c1-2-18-11-12-19(33-18)14-22-26(32)31-15-23(16-7-4-3-5-8-16)29-21(25(31)30-22)13-17-9-6-10-20(27)24(17)28/h3-12,15,29H,2,13-14H2,1H3. The van der Waals surface area contributed by atoms with Crippen molar-refractivity contribution >= 4 is 0 Å². The molecule has 1 N–H and O–H groups in total. The largest absolute Gasteiger partial charge is 0.466 e. The van der Waals surface area contributed by atoms with Crippen LogP contribution < -0.4 is 5.56 Å². The number of furan rings is 1. The van der Waals surface area contributed by atoms with E-state index in [2.05, 4.69) is 9.97 Å². The number of rotatable bonds is 6. The number of imidazole rings is 1. The second kappa shape index (κ2) is 8.50. The first-order valence-corrected chi connectivity index (χ1v) is 10.7. The number of aryl methyl sites for hydroxylation is 1. The summed E-state index contributed by atoms with van der Waals surface area (Å²) in [6, 6.07) is 17.3. The monoisotopic (exact) mass is 445 g/mol. The van der Waals surface area contributed by atoms with Gasteiger partial charge in [-0.3, -0.25) is 9.36 Å². The molecule has 0 unspecified atom stereocenters. The molecule has 33 heavy (non-hydrogen) atoms. The fraction of sp³-hybridized carbons (Fsp3) is 0.154. The number of nitrogens with one attached hydrogen (secondary N) is 1.